The molecule has 0 unspecified atom stereocenters. The second-order valence-corrected chi connectivity index (χ2v) is 8.00. The van der Waals surface area contributed by atoms with Crippen LogP contribution in [-0.4, -0.2) is 50.2 Å². The topological polar surface area (TPSA) is 77.1 Å². The third-order valence-corrected chi connectivity index (χ3v) is 5.89. The fourth-order valence-electron chi connectivity index (χ4n) is 3.41. The number of anilines is 1. The van der Waals surface area contributed by atoms with Crippen molar-refractivity contribution in [2.45, 2.75) is 33.7 Å². The van der Waals surface area contributed by atoms with Gasteiger partial charge in [-0.3, -0.25) is 4.79 Å². The maximum absolute atomic E-state index is 13.0. The van der Waals surface area contributed by atoms with Gasteiger partial charge in [-0.15, -0.1) is 23.7 Å². The van der Waals surface area contributed by atoms with Crippen LogP contribution in [-0.2, 0) is 17.7 Å². The summed E-state index contributed by atoms with van der Waals surface area (Å²) in [4.78, 5) is 28.9. The first-order valence-electron chi connectivity index (χ1n) is 10.2. The van der Waals surface area contributed by atoms with Crippen LogP contribution in [0.25, 0.3) is 0 Å². The lowest BCUT2D eigenvalue weighted by molar-refractivity contribution is 0.0526. The van der Waals surface area contributed by atoms with E-state index in [0.717, 1.165) is 30.0 Å². The van der Waals surface area contributed by atoms with Crippen molar-refractivity contribution in [2.24, 2.45) is 0 Å². The number of ether oxygens (including phenoxy) is 3. The van der Waals surface area contributed by atoms with Crippen LogP contribution in [0.3, 0.4) is 0 Å². The van der Waals surface area contributed by atoms with E-state index in [-0.39, 0.29) is 24.9 Å². The van der Waals surface area contributed by atoms with Gasteiger partial charge in [0, 0.05) is 23.5 Å². The van der Waals surface area contributed by atoms with E-state index >= 15 is 0 Å². The molecule has 1 N–H and O–H groups in total. The smallest absolute Gasteiger partial charge is 0.341 e. The highest BCUT2D eigenvalue weighted by Gasteiger charge is 2.29. The first-order chi connectivity index (χ1) is 14.5. The van der Waals surface area contributed by atoms with Gasteiger partial charge in [-0.05, 0) is 58.0 Å². The summed E-state index contributed by atoms with van der Waals surface area (Å²) in [6.45, 7) is 8.41. The van der Waals surface area contributed by atoms with Crippen LogP contribution in [0.2, 0.25) is 0 Å². The molecule has 0 spiro atoms. The minimum Gasteiger partial charge on any atom is -0.490 e. The summed E-state index contributed by atoms with van der Waals surface area (Å²) in [5.41, 5.74) is 1.89. The Balaban J connectivity index is 0.00000341. The van der Waals surface area contributed by atoms with Gasteiger partial charge in [0.2, 0.25) is 0 Å². The molecule has 0 saturated carbocycles. The monoisotopic (exact) mass is 468 g/mol. The molecule has 7 nitrogen and oxygen atoms in total. The van der Waals surface area contributed by atoms with Gasteiger partial charge >= 0.3 is 5.97 Å². The zero-order chi connectivity index (χ0) is 21.7. The van der Waals surface area contributed by atoms with E-state index in [1.54, 1.807) is 25.1 Å². The second kappa shape index (κ2) is 11.4. The molecular formula is C22H29ClN2O5S. The fourth-order valence-corrected chi connectivity index (χ4v) is 4.72. The minimum absolute atomic E-state index is 0. The van der Waals surface area contributed by atoms with Crippen molar-refractivity contribution >= 4 is 40.6 Å². The molecule has 1 aromatic heterocycles. The summed E-state index contributed by atoms with van der Waals surface area (Å²) in [6.07, 6.45) is 0.754. The number of halogens is 1. The van der Waals surface area contributed by atoms with Gasteiger partial charge < -0.3 is 24.4 Å². The average Bonchev–Trinajstić information content (AvgIpc) is 3.06. The molecule has 0 aliphatic carbocycles. The third-order valence-electron chi connectivity index (χ3n) is 4.76. The molecule has 170 valence electrons. The zero-order valence-corrected chi connectivity index (χ0v) is 19.9. The number of nitrogens with one attached hydrogen (secondary N) is 1. The van der Waals surface area contributed by atoms with Crippen molar-refractivity contribution in [2.75, 3.05) is 38.7 Å². The lowest BCUT2D eigenvalue weighted by Gasteiger charge is -2.22. The summed E-state index contributed by atoms with van der Waals surface area (Å²) in [6, 6.07) is 5.08. The van der Waals surface area contributed by atoms with E-state index in [9.17, 15) is 9.59 Å². The molecule has 0 radical (unpaired) electrons. The molecule has 0 bridgehead atoms. The van der Waals surface area contributed by atoms with Crippen molar-refractivity contribution in [1.29, 1.82) is 0 Å². The van der Waals surface area contributed by atoms with Crippen LogP contribution in [0.5, 0.6) is 11.5 Å². The molecule has 3 rings (SSSR count). The van der Waals surface area contributed by atoms with Gasteiger partial charge in [-0.2, -0.15) is 0 Å². The Morgan fingerprint density at radius 1 is 1.10 bits per heavy atom. The van der Waals surface area contributed by atoms with Crippen molar-refractivity contribution in [1.82, 2.24) is 4.90 Å². The number of thiophene rings is 1. The maximum atomic E-state index is 13.0. The Morgan fingerprint density at radius 3 is 2.48 bits per heavy atom. The number of esters is 1. The summed E-state index contributed by atoms with van der Waals surface area (Å²) < 4.78 is 16.5. The number of fused-ring (bicyclic) bond motifs is 1. The minimum atomic E-state index is -0.392. The van der Waals surface area contributed by atoms with Crippen LogP contribution < -0.4 is 14.8 Å². The lowest BCUT2D eigenvalue weighted by atomic mass is 10.0. The van der Waals surface area contributed by atoms with Gasteiger partial charge in [0.1, 0.15) is 5.00 Å². The van der Waals surface area contributed by atoms with Crippen LogP contribution >= 0.6 is 23.7 Å². The molecule has 9 heteroatoms. The standard InChI is InChI=1S/C22H28N2O5S.ClH/c1-5-27-16-9-8-14(12-17(16)28-6-2)20(25)23-21-19(22(26)29-7-3)15-10-11-24(4)13-18(15)30-21;/h8-9,12H,5-7,10-11,13H2,1-4H3,(H,23,25);1H. The number of hydrogen-bond donors (Lipinski definition) is 1. The van der Waals surface area contributed by atoms with Crippen LogP contribution in [0, 0.1) is 0 Å². The molecule has 0 saturated heterocycles. The number of hydrogen-bond acceptors (Lipinski definition) is 7. The fraction of sp³-hybridized carbons (Fsp3) is 0.455. The normalized spacial score (nSPS) is 13.0. The average molecular weight is 469 g/mol. The van der Waals surface area contributed by atoms with Crippen molar-refractivity contribution in [3.8, 4) is 11.5 Å². The molecule has 1 amide bonds. The Hall–Kier alpha value is -2.29. The van der Waals surface area contributed by atoms with Crippen molar-refractivity contribution in [3.05, 3.63) is 39.8 Å². The number of nitrogens with zero attached hydrogens (tertiary/aromatic N) is 1. The number of rotatable bonds is 8. The molecular weight excluding hydrogens is 440 g/mol. The van der Waals surface area contributed by atoms with Crippen molar-refractivity contribution < 1.29 is 23.8 Å². The molecule has 1 aromatic carbocycles. The molecule has 0 atom stereocenters. The lowest BCUT2D eigenvalue weighted by Crippen LogP contribution is -2.26. The Labute approximate surface area is 193 Å². The first-order valence-corrected chi connectivity index (χ1v) is 11.0. The van der Waals surface area contributed by atoms with Crippen LogP contribution in [0.1, 0.15) is 51.9 Å². The Kier molecular flexibility index (Phi) is 9.15. The number of likely N-dealkylation sites (N-methyl/N-ethyl adjacent to an activating group) is 1. The van der Waals surface area contributed by atoms with Crippen LogP contribution in [0.15, 0.2) is 18.2 Å². The summed E-state index contributed by atoms with van der Waals surface area (Å²) in [5.74, 6) is 0.413. The van der Waals surface area contributed by atoms with E-state index in [1.165, 1.54) is 11.3 Å². The van der Waals surface area contributed by atoms with Crippen molar-refractivity contribution in [3.63, 3.8) is 0 Å². The van der Waals surface area contributed by atoms with Gasteiger partial charge in [0.25, 0.3) is 5.91 Å². The van der Waals surface area contributed by atoms with Gasteiger partial charge in [0.05, 0.1) is 25.4 Å². The third kappa shape index (κ3) is 5.70. The largest absolute Gasteiger partial charge is 0.490 e. The van der Waals surface area contributed by atoms with E-state index < -0.39 is 5.97 Å². The number of carbonyl (C=O) groups excluding carboxylic acids is 2. The molecule has 2 heterocycles. The molecule has 1 aliphatic heterocycles. The highest BCUT2D eigenvalue weighted by atomic mass is 35.5. The SMILES string of the molecule is CCOC(=O)c1c(NC(=O)c2ccc(OCC)c(OCC)c2)sc2c1CCN(C)C2.Cl. The Morgan fingerprint density at radius 2 is 1.81 bits per heavy atom. The molecule has 31 heavy (non-hydrogen) atoms. The summed E-state index contributed by atoms with van der Waals surface area (Å²) in [7, 11) is 2.04. The summed E-state index contributed by atoms with van der Waals surface area (Å²) >= 11 is 1.44. The predicted molar refractivity (Wildman–Crippen MR) is 124 cm³/mol. The molecule has 1 aliphatic rings. The number of benzene rings is 1. The van der Waals surface area contributed by atoms with Gasteiger partial charge in [-0.25, -0.2) is 4.79 Å². The quantitative estimate of drug-likeness (QED) is 0.579. The maximum Gasteiger partial charge on any atom is 0.341 e. The number of carbonyl (C=O) groups is 2. The predicted octanol–water partition coefficient (Wildman–Crippen LogP) is 4.38. The van der Waals surface area contributed by atoms with E-state index in [2.05, 4.69) is 10.2 Å². The number of amides is 1. The Bertz CT molecular complexity index is 931. The van der Waals surface area contributed by atoms with Gasteiger partial charge in [-0.1, -0.05) is 0 Å². The zero-order valence-electron chi connectivity index (χ0n) is 18.3. The second-order valence-electron chi connectivity index (χ2n) is 6.90. The van der Waals surface area contributed by atoms with Gasteiger partial charge in [0.15, 0.2) is 11.5 Å². The highest BCUT2D eigenvalue weighted by Crippen LogP contribution is 2.38. The van der Waals surface area contributed by atoms with E-state index in [0.29, 0.717) is 40.8 Å². The van der Waals surface area contributed by atoms with E-state index in [4.69, 9.17) is 14.2 Å². The first kappa shape index (κ1) is 25.0. The van der Waals surface area contributed by atoms with Crippen LogP contribution in [0.4, 0.5) is 5.00 Å². The summed E-state index contributed by atoms with van der Waals surface area (Å²) in [5, 5.41) is 3.46. The molecule has 2 aromatic rings. The van der Waals surface area contributed by atoms with E-state index in [1.807, 2.05) is 20.9 Å². The highest BCUT2D eigenvalue weighted by molar-refractivity contribution is 7.17. The molecule has 0 fully saturated rings.